The molecule has 2 fully saturated rings. The van der Waals surface area contributed by atoms with Crippen LogP contribution in [0.4, 0.5) is 4.79 Å². The second-order valence-corrected chi connectivity index (χ2v) is 12.8. The molecule has 1 saturated heterocycles. The average molecular weight is 527 g/mol. The minimum atomic E-state index is -4.29. The van der Waals surface area contributed by atoms with E-state index in [0.29, 0.717) is 11.8 Å². The van der Waals surface area contributed by atoms with Crippen LogP contribution in [-0.4, -0.2) is 48.3 Å². The van der Waals surface area contributed by atoms with Gasteiger partial charge in [0.1, 0.15) is 6.10 Å². The molecule has 1 aliphatic carbocycles. The zero-order valence-electron chi connectivity index (χ0n) is 22.3. The fourth-order valence-corrected chi connectivity index (χ4v) is 7.08. The average Bonchev–Trinajstić information content (AvgIpc) is 3.22. The summed E-state index contributed by atoms with van der Waals surface area (Å²) in [7, 11) is -4.29. The monoisotopic (exact) mass is 526 g/mol. The molecule has 2 amide bonds. The van der Waals surface area contributed by atoms with E-state index in [1.54, 1.807) is 12.1 Å². The van der Waals surface area contributed by atoms with Crippen LogP contribution < -0.4 is 0 Å². The third-order valence-corrected chi connectivity index (χ3v) is 9.71. The van der Waals surface area contributed by atoms with Crippen molar-refractivity contribution in [2.75, 3.05) is 6.54 Å². The summed E-state index contributed by atoms with van der Waals surface area (Å²) in [5.41, 5.74) is 1.76. The molecular formula is C29H38N2O5S. The summed E-state index contributed by atoms with van der Waals surface area (Å²) >= 11 is 0. The maximum atomic E-state index is 13.8. The summed E-state index contributed by atoms with van der Waals surface area (Å²) in [6, 6.07) is 13.3. The molecule has 2 aromatic rings. The lowest BCUT2D eigenvalue weighted by Crippen LogP contribution is -2.47. The van der Waals surface area contributed by atoms with Crippen molar-refractivity contribution in [3.8, 4) is 0 Å². The highest BCUT2D eigenvalue weighted by Gasteiger charge is 2.51. The minimum Gasteiger partial charge on any atom is -0.460 e. The first-order valence-corrected chi connectivity index (χ1v) is 14.6. The van der Waals surface area contributed by atoms with Gasteiger partial charge in [0.2, 0.25) is 0 Å². The number of carbonyl (C=O) groups is 2. The molecular weight excluding hydrogens is 488 g/mol. The van der Waals surface area contributed by atoms with Crippen molar-refractivity contribution in [2.24, 2.45) is 17.8 Å². The van der Waals surface area contributed by atoms with E-state index in [-0.39, 0.29) is 23.5 Å². The highest BCUT2D eigenvalue weighted by atomic mass is 32.2. The van der Waals surface area contributed by atoms with Crippen LogP contribution in [0.5, 0.6) is 0 Å². The summed E-state index contributed by atoms with van der Waals surface area (Å²) in [5.74, 6) is 0.299. The van der Waals surface area contributed by atoms with Gasteiger partial charge in [0.15, 0.2) is 6.04 Å². The lowest BCUT2D eigenvalue weighted by Gasteiger charge is -2.37. The molecule has 5 atom stereocenters. The molecule has 0 spiro atoms. The van der Waals surface area contributed by atoms with Crippen molar-refractivity contribution in [2.45, 2.75) is 77.0 Å². The topological polar surface area (TPSA) is 84.0 Å². The van der Waals surface area contributed by atoms with E-state index in [9.17, 15) is 18.0 Å². The summed E-state index contributed by atoms with van der Waals surface area (Å²) < 4.78 is 34.3. The molecule has 1 heterocycles. The fraction of sp³-hybridized carbons (Fsp3) is 0.517. The number of esters is 1. The van der Waals surface area contributed by atoms with Gasteiger partial charge in [0.05, 0.1) is 17.5 Å². The zero-order valence-corrected chi connectivity index (χ0v) is 23.1. The Morgan fingerprint density at radius 1 is 1.00 bits per heavy atom. The quantitative estimate of drug-likeness (QED) is 0.442. The highest BCUT2D eigenvalue weighted by Crippen LogP contribution is 2.37. The van der Waals surface area contributed by atoms with Crippen LogP contribution in [0.3, 0.4) is 0 Å². The Labute approximate surface area is 220 Å². The summed E-state index contributed by atoms with van der Waals surface area (Å²) in [4.78, 5) is 28.8. The number of carbonyl (C=O) groups excluding carboxylic acids is 2. The molecule has 0 N–H and O–H groups in total. The number of amides is 2. The number of benzene rings is 2. The number of nitrogens with zero attached hydrogens (tertiary/aromatic N) is 2. The van der Waals surface area contributed by atoms with Crippen molar-refractivity contribution in [1.82, 2.24) is 9.21 Å². The SMILES string of the molecule is Cc1ccc(S(=O)(=O)N2C(=O)N([C@H](C)c3ccccc3)C[C@@H]2C(=O)OC2C[C@H](C)CC[C@H]2C(C)C)cc1. The predicted octanol–water partition coefficient (Wildman–Crippen LogP) is 5.56. The molecule has 0 radical (unpaired) electrons. The summed E-state index contributed by atoms with van der Waals surface area (Å²) in [6.07, 6.45) is 2.48. The van der Waals surface area contributed by atoms with Gasteiger partial charge in [0.25, 0.3) is 10.0 Å². The van der Waals surface area contributed by atoms with Crippen molar-refractivity contribution in [3.63, 3.8) is 0 Å². The van der Waals surface area contributed by atoms with E-state index in [4.69, 9.17) is 4.74 Å². The molecule has 200 valence electrons. The van der Waals surface area contributed by atoms with Crippen LogP contribution >= 0.6 is 0 Å². The lowest BCUT2D eigenvalue weighted by molar-refractivity contribution is -0.159. The molecule has 1 aliphatic heterocycles. The smallest absolute Gasteiger partial charge is 0.335 e. The van der Waals surface area contributed by atoms with Gasteiger partial charge < -0.3 is 9.64 Å². The number of urea groups is 1. The molecule has 37 heavy (non-hydrogen) atoms. The largest absolute Gasteiger partial charge is 0.460 e. The second kappa shape index (κ2) is 10.9. The van der Waals surface area contributed by atoms with Crippen molar-refractivity contribution >= 4 is 22.0 Å². The molecule has 4 rings (SSSR count). The third kappa shape index (κ3) is 5.54. The Hall–Kier alpha value is -2.87. The van der Waals surface area contributed by atoms with Crippen LogP contribution in [0.15, 0.2) is 59.5 Å². The van der Waals surface area contributed by atoms with Crippen LogP contribution in [0.25, 0.3) is 0 Å². The number of rotatable bonds is 7. The highest BCUT2D eigenvalue weighted by molar-refractivity contribution is 7.89. The van der Waals surface area contributed by atoms with Gasteiger partial charge in [-0.25, -0.2) is 22.3 Å². The van der Waals surface area contributed by atoms with Gasteiger partial charge >= 0.3 is 12.0 Å². The van der Waals surface area contributed by atoms with Crippen LogP contribution in [0.2, 0.25) is 0 Å². The molecule has 7 nitrogen and oxygen atoms in total. The van der Waals surface area contributed by atoms with E-state index >= 15 is 0 Å². The van der Waals surface area contributed by atoms with E-state index < -0.39 is 34.1 Å². The van der Waals surface area contributed by atoms with Crippen LogP contribution in [0, 0.1) is 24.7 Å². The molecule has 8 heteroatoms. The number of aryl methyl sites for hydroxylation is 1. The lowest BCUT2D eigenvalue weighted by atomic mass is 9.75. The first-order valence-electron chi connectivity index (χ1n) is 13.2. The second-order valence-electron chi connectivity index (χ2n) is 11.0. The van der Waals surface area contributed by atoms with E-state index in [1.165, 1.54) is 17.0 Å². The van der Waals surface area contributed by atoms with E-state index in [2.05, 4.69) is 20.8 Å². The standard InChI is InChI=1S/C29H38N2O5S/c1-19(2)25-16-13-21(4)17-27(25)36-28(32)26-18-30(22(5)23-9-7-6-8-10-23)29(33)31(26)37(34,35)24-14-11-20(3)12-15-24/h6-12,14-15,19,21-22,25-27H,13,16-18H2,1-5H3/t21-,22-,25+,26-,27?/m1/s1. The molecule has 0 aromatic heterocycles. The van der Waals surface area contributed by atoms with Crippen molar-refractivity contribution < 1.29 is 22.7 Å². The van der Waals surface area contributed by atoms with Crippen LogP contribution in [-0.2, 0) is 19.6 Å². The van der Waals surface area contributed by atoms with Gasteiger partial charge in [0, 0.05) is 0 Å². The summed E-state index contributed by atoms with van der Waals surface area (Å²) in [5, 5.41) is 0. The molecule has 1 saturated carbocycles. The van der Waals surface area contributed by atoms with Gasteiger partial charge in [-0.3, -0.25) is 0 Å². The van der Waals surface area contributed by atoms with Gasteiger partial charge in [-0.15, -0.1) is 0 Å². The minimum absolute atomic E-state index is 0.0233. The normalized spacial score (nSPS) is 25.4. The first-order chi connectivity index (χ1) is 17.5. The molecule has 0 bridgehead atoms. The number of hydrogen-bond acceptors (Lipinski definition) is 5. The van der Waals surface area contributed by atoms with E-state index in [1.807, 2.05) is 44.2 Å². The molecule has 2 aromatic carbocycles. The third-order valence-electron chi connectivity index (χ3n) is 7.92. The zero-order chi connectivity index (χ0) is 26.9. The molecule has 1 unspecified atom stereocenters. The molecule has 2 aliphatic rings. The Balaban J connectivity index is 1.68. The maximum Gasteiger partial charge on any atom is 0.335 e. The van der Waals surface area contributed by atoms with Crippen molar-refractivity contribution in [1.29, 1.82) is 0 Å². The van der Waals surface area contributed by atoms with Gasteiger partial charge in [-0.1, -0.05) is 75.2 Å². The predicted molar refractivity (Wildman–Crippen MR) is 142 cm³/mol. The Bertz CT molecular complexity index is 1210. The fourth-order valence-electron chi connectivity index (χ4n) is 5.58. The Morgan fingerprint density at radius 2 is 1.65 bits per heavy atom. The maximum absolute atomic E-state index is 13.8. The summed E-state index contributed by atoms with van der Waals surface area (Å²) in [6.45, 7) is 10.0. The Morgan fingerprint density at radius 3 is 2.27 bits per heavy atom. The van der Waals surface area contributed by atoms with Crippen LogP contribution in [0.1, 0.15) is 64.1 Å². The number of sulfonamides is 1. The number of ether oxygens (including phenoxy) is 1. The first kappa shape index (κ1) is 27.2. The van der Waals surface area contributed by atoms with E-state index in [0.717, 1.165) is 34.7 Å². The number of hydrogen-bond donors (Lipinski definition) is 0. The van der Waals surface area contributed by atoms with Crippen molar-refractivity contribution in [3.05, 3.63) is 65.7 Å². The van der Waals surface area contributed by atoms with Gasteiger partial charge in [-0.2, -0.15) is 0 Å². The Kier molecular flexibility index (Phi) is 7.97. The van der Waals surface area contributed by atoms with Gasteiger partial charge in [-0.05, 0) is 62.1 Å².